The Labute approximate surface area is 154 Å². The van der Waals surface area contributed by atoms with Gasteiger partial charge in [-0.3, -0.25) is 4.79 Å². The van der Waals surface area contributed by atoms with Crippen molar-refractivity contribution in [2.24, 2.45) is 5.92 Å². The highest BCUT2D eigenvalue weighted by atomic mass is 16.6. The number of anilines is 1. The van der Waals surface area contributed by atoms with E-state index in [0.29, 0.717) is 30.4 Å². The lowest BCUT2D eigenvalue weighted by Gasteiger charge is -2.26. The predicted molar refractivity (Wildman–Crippen MR) is 98.7 cm³/mol. The summed E-state index contributed by atoms with van der Waals surface area (Å²) < 4.78 is 16.3. The first-order valence-electron chi connectivity index (χ1n) is 8.89. The molecular formula is C19H28N2O5. The van der Waals surface area contributed by atoms with Gasteiger partial charge in [0, 0.05) is 11.8 Å². The molecule has 1 aliphatic rings. The van der Waals surface area contributed by atoms with E-state index < -0.39 is 17.7 Å². The second-order valence-electron chi connectivity index (χ2n) is 7.36. The van der Waals surface area contributed by atoms with E-state index in [1.165, 1.54) is 0 Å². The molecule has 1 unspecified atom stereocenters. The Morgan fingerprint density at radius 2 is 1.85 bits per heavy atom. The summed E-state index contributed by atoms with van der Waals surface area (Å²) in [5.74, 6) is 0.885. The maximum Gasteiger partial charge on any atom is 0.408 e. The molecule has 2 atom stereocenters. The second-order valence-corrected chi connectivity index (χ2v) is 7.36. The Bertz CT molecular complexity index is 654. The number of carbonyl (C=O) groups excluding carboxylic acids is 2. The van der Waals surface area contributed by atoms with E-state index in [0.717, 1.165) is 6.42 Å². The van der Waals surface area contributed by atoms with Gasteiger partial charge in [0.05, 0.1) is 0 Å². The molecule has 0 spiro atoms. The van der Waals surface area contributed by atoms with E-state index in [1.807, 2.05) is 13.8 Å². The average molecular weight is 364 g/mol. The van der Waals surface area contributed by atoms with Crippen LogP contribution in [0.15, 0.2) is 18.2 Å². The molecule has 1 heterocycles. The van der Waals surface area contributed by atoms with Crippen molar-refractivity contribution in [2.45, 2.75) is 52.7 Å². The van der Waals surface area contributed by atoms with Crippen LogP contribution in [-0.4, -0.2) is 36.9 Å². The molecular weight excluding hydrogens is 336 g/mol. The number of nitrogens with one attached hydrogen (secondary N) is 2. The van der Waals surface area contributed by atoms with Crippen LogP contribution in [0, 0.1) is 5.92 Å². The van der Waals surface area contributed by atoms with Crippen molar-refractivity contribution in [3.8, 4) is 11.5 Å². The highest BCUT2D eigenvalue weighted by Gasteiger charge is 2.28. The first-order valence-corrected chi connectivity index (χ1v) is 8.89. The van der Waals surface area contributed by atoms with Gasteiger partial charge in [-0.1, -0.05) is 20.3 Å². The molecule has 0 radical (unpaired) electrons. The van der Waals surface area contributed by atoms with Crippen LogP contribution >= 0.6 is 0 Å². The molecule has 0 saturated heterocycles. The van der Waals surface area contributed by atoms with Crippen molar-refractivity contribution < 1.29 is 23.8 Å². The number of alkyl carbamates (subject to hydrolysis) is 1. The Hall–Kier alpha value is -2.44. The van der Waals surface area contributed by atoms with E-state index >= 15 is 0 Å². The zero-order valence-corrected chi connectivity index (χ0v) is 16.0. The first-order chi connectivity index (χ1) is 12.2. The summed E-state index contributed by atoms with van der Waals surface area (Å²) in [4.78, 5) is 24.8. The van der Waals surface area contributed by atoms with Gasteiger partial charge in [-0.15, -0.1) is 0 Å². The summed E-state index contributed by atoms with van der Waals surface area (Å²) in [5, 5.41) is 5.51. The molecule has 0 bridgehead atoms. The highest BCUT2D eigenvalue weighted by Crippen LogP contribution is 2.32. The molecule has 1 aliphatic heterocycles. The lowest BCUT2D eigenvalue weighted by molar-refractivity contribution is -0.119. The van der Waals surface area contributed by atoms with Gasteiger partial charge >= 0.3 is 6.09 Å². The fourth-order valence-electron chi connectivity index (χ4n) is 2.48. The van der Waals surface area contributed by atoms with Gasteiger partial charge < -0.3 is 24.8 Å². The van der Waals surface area contributed by atoms with Gasteiger partial charge in [-0.25, -0.2) is 4.79 Å². The lowest BCUT2D eigenvalue weighted by Crippen LogP contribution is -2.49. The number of hydrogen-bond donors (Lipinski definition) is 2. The summed E-state index contributed by atoms with van der Waals surface area (Å²) >= 11 is 0. The third-order valence-corrected chi connectivity index (χ3v) is 3.98. The molecule has 0 saturated carbocycles. The van der Waals surface area contributed by atoms with Crippen LogP contribution < -0.4 is 20.1 Å². The fourth-order valence-corrected chi connectivity index (χ4v) is 2.48. The van der Waals surface area contributed by atoms with Gasteiger partial charge in [-0.2, -0.15) is 0 Å². The minimum absolute atomic E-state index is 0.0558. The van der Waals surface area contributed by atoms with Gasteiger partial charge in [0.15, 0.2) is 11.5 Å². The minimum Gasteiger partial charge on any atom is -0.486 e. The van der Waals surface area contributed by atoms with E-state index in [4.69, 9.17) is 14.2 Å². The molecule has 1 aromatic rings. The fraction of sp³-hybridized carbons (Fsp3) is 0.579. The quantitative estimate of drug-likeness (QED) is 0.837. The summed E-state index contributed by atoms with van der Waals surface area (Å²) in [5.41, 5.74) is -0.0466. The zero-order valence-electron chi connectivity index (χ0n) is 16.0. The van der Waals surface area contributed by atoms with Crippen molar-refractivity contribution in [1.82, 2.24) is 5.32 Å². The molecule has 0 fully saturated rings. The van der Waals surface area contributed by atoms with Gasteiger partial charge in [0.25, 0.3) is 0 Å². The smallest absolute Gasteiger partial charge is 0.408 e. The molecule has 26 heavy (non-hydrogen) atoms. The van der Waals surface area contributed by atoms with Crippen LogP contribution in [0.25, 0.3) is 0 Å². The summed E-state index contributed by atoms with van der Waals surface area (Å²) in [7, 11) is 0. The maximum atomic E-state index is 12.7. The molecule has 2 amide bonds. The Morgan fingerprint density at radius 1 is 1.19 bits per heavy atom. The van der Waals surface area contributed by atoms with Gasteiger partial charge in [-0.05, 0) is 38.8 Å². The highest BCUT2D eigenvalue weighted by molar-refractivity contribution is 5.97. The van der Waals surface area contributed by atoms with Crippen LogP contribution in [0.5, 0.6) is 11.5 Å². The van der Waals surface area contributed by atoms with E-state index in [1.54, 1.807) is 39.0 Å². The predicted octanol–water partition coefficient (Wildman–Crippen LogP) is 3.34. The summed E-state index contributed by atoms with van der Waals surface area (Å²) in [6.45, 7) is 10.2. The first kappa shape index (κ1) is 19.9. The SMILES string of the molecule is CCC(C)[C@H](NC(=O)OC(C)(C)C)C(=O)Nc1ccc2c(c1)OCCO2. The third kappa shape index (κ3) is 5.54. The monoisotopic (exact) mass is 364 g/mol. The standard InChI is InChI=1S/C19H28N2O5/c1-6-12(2)16(21-18(23)26-19(3,4)5)17(22)20-13-7-8-14-15(11-13)25-10-9-24-14/h7-8,11-12,16H,6,9-10H2,1-5H3,(H,20,22)(H,21,23)/t12?,16-/m0/s1. The van der Waals surface area contributed by atoms with E-state index in [-0.39, 0.29) is 11.8 Å². The molecule has 144 valence electrons. The Morgan fingerprint density at radius 3 is 2.46 bits per heavy atom. The van der Waals surface area contributed by atoms with Crippen molar-refractivity contribution >= 4 is 17.7 Å². The normalized spacial score (nSPS) is 15.6. The van der Waals surface area contributed by atoms with Crippen LogP contribution in [0.3, 0.4) is 0 Å². The topological polar surface area (TPSA) is 85.9 Å². The van der Waals surface area contributed by atoms with E-state index in [2.05, 4.69) is 10.6 Å². The maximum absolute atomic E-state index is 12.7. The Balaban J connectivity index is 2.07. The van der Waals surface area contributed by atoms with Crippen LogP contribution in [0.1, 0.15) is 41.0 Å². The van der Waals surface area contributed by atoms with Gasteiger partial charge in [0.2, 0.25) is 5.91 Å². The zero-order chi connectivity index (χ0) is 19.3. The Kier molecular flexibility index (Phi) is 6.34. The van der Waals surface area contributed by atoms with Crippen molar-refractivity contribution in [3.05, 3.63) is 18.2 Å². The van der Waals surface area contributed by atoms with Crippen molar-refractivity contribution in [1.29, 1.82) is 0 Å². The summed E-state index contributed by atoms with van der Waals surface area (Å²) in [6.07, 6.45) is 0.120. The number of amides is 2. The summed E-state index contributed by atoms with van der Waals surface area (Å²) in [6, 6.07) is 4.51. The molecule has 2 N–H and O–H groups in total. The van der Waals surface area contributed by atoms with Gasteiger partial charge in [0.1, 0.15) is 24.9 Å². The molecule has 0 aromatic heterocycles. The number of carbonyl (C=O) groups is 2. The molecule has 2 rings (SSSR count). The van der Waals surface area contributed by atoms with Crippen molar-refractivity contribution in [3.63, 3.8) is 0 Å². The lowest BCUT2D eigenvalue weighted by atomic mass is 9.98. The average Bonchev–Trinajstić information content (AvgIpc) is 2.57. The van der Waals surface area contributed by atoms with Crippen LogP contribution in [0.2, 0.25) is 0 Å². The van der Waals surface area contributed by atoms with Crippen molar-refractivity contribution in [2.75, 3.05) is 18.5 Å². The molecule has 0 aliphatic carbocycles. The molecule has 7 heteroatoms. The number of hydrogen-bond acceptors (Lipinski definition) is 5. The minimum atomic E-state index is -0.706. The molecule has 1 aromatic carbocycles. The van der Waals surface area contributed by atoms with E-state index in [9.17, 15) is 9.59 Å². The number of ether oxygens (including phenoxy) is 3. The third-order valence-electron chi connectivity index (χ3n) is 3.98. The van der Waals surface area contributed by atoms with Crippen LogP contribution in [0.4, 0.5) is 10.5 Å². The van der Waals surface area contributed by atoms with Crippen LogP contribution in [-0.2, 0) is 9.53 Å². The number of fused-ring (bicyclic) bond motifs is 1. The number of benzene rings is 1. The number of rotatable bonds is 5. The molecule has 7 nitrogen and oxygen atoms in total. The largest absolute Gasteiger partial charge is 0.486 e. The second kappa shape index (κ2) is 8.29.